The van der Waals surface area contributed by atoms with Crippen molar-refractivity contribution in [3.63, 3.8) is 0 Å². The zero-order valence-electron chi connectivity index (χ0n) is 14.3. The SMILES string of the molecule is COc1cnccc1[C@H](C)NC(=O)[C@@H]1CC(=O)N(C2CCCC2)C1. The van der Waals surface area contributed by atoms with Crippen molar-refractivity contribution in [2.75, 3.05) is 13.7 Å². The van der Waals surface area contributed by atoms with Gasteiger partial charge in [0.25, 0.3) is 0 Å². The Morgan fingerprint density at radius 3 is 2.88 bits per heavy atom. The molecule has 1 saturated carbocycles. The van der Waals surface area contributed by atoms with Crippen molar-refractivity contribution >= 4 is 11.8 Å². The second kappa shape index (κ2) is 7.20. The molecule has 2 fully saturated rings. The second-order valence-corrected chi connectivity index (χ2v) is 6.73. The third kappa shape index (κ3) is 3.37. The molecule has 1 saturated heterocycles. The van der Waals surface area contributed by atoms with Crippen molar-refractivity contribution < 1.29 is 14.3 Å². The zero-order valence-corrected chi connectivity index (χ0v) is 14.3. The van der Waals surface area contributed by atoms with Gasteiger partial charge in [-0.05, 0) is 25.8 Å². The first kappa shape index (κ1) is 16.7. The summed E-state index contributed by atoms with van der Waals surface area (Å²) < 4.78 is 5.30. The number of ether oxygens (including phenoxy) is 1. The maximum absolute atomic E-state index is 12.6. The van der Waals surface area contributed by atoms with Gasteiger partial charge in [-0.25, -0.2) is 0 Å². The molecule has 1 aliphatic carbocycles. The summed E-state index contributed by atoms with van der Waals surface area (Å²) in [5.74, 6) is 0.458. The Labute approximate surface area is 142 Å². The van der Waals surface area contributed by atoms with Crippen LogP contribution in [0, 0.1) is 5.92 Å². The van der Waals surface area contributed by atoms with Gasteiger partial charge in [-0.2, -0.15) is 0 Å². The van der Waals surface area contributed by atoms with Crippen LogP contribution in [0.15, 0.2) is 18.5 Å². The van der Waals surface area contributed by atoms with Crippen LogP contribution in [0.4, 0.5) is 0 Å². The van der Waals surface area contributed by atoms with E-state index in [2.05, 4.69) is 10.3 Å². The van der Waals surface area contributed by atoms with Crippen LogP contribution in [0.1, 0.15) is 50.6 Å². The standard InChI is InChI=1S/C18H25N3O3/c1-12(15-7-8-19-10-16(15)24-2)20-18(23)13-9-17(22)21(11-13)14-5-3-4-6-14/h7-8,10,12-14H,3-6,9,11H2,1-2H3,(H,20,23)/t12-,13+/m0/s1. The van der Waals surface area contributed by atoms with E-state index in [4.69, 9.17) is 4.74 Å². The molecule has 1 N–H and O–H groups in total. The molecule has 2 amide bonds. The van der Waals surface area contributed by atoms with Gasteiger partial charge in [0.2, 0.25) is 11.8 Å². The van der Waals surface area contributed by atoms with E-state index in [1.807, 2.05) is 17.9 Å². The third-order valence-corrected chi connectivity index (χ3v) is 5.16. The van der Waals surface area contributed by atoms with Gasteiger partial charge in [-0.1, -0.05) is 12.8 Å². The number of hydrogen-bond donors (Lipinski definition) is 1. The Bertz CT molecular complexity index is 613. The first-order valence-corrected chi connectivity index (χ1v) is 8.68. The number of hydrogen-bond acceptors (Lipinski definition) is 4. The molecule has 2 aliphatic rings. The molecule has 6 heteroatoms. The minimum Gasteiger partial charge on any atom is -0.495 e. The second-order valence-electron chi connectivity index (χ2n) is 6.73. The number of amides is 2. The molecule has 3 rings (SSSR count). The Hall–Kier alpha value is -2.11. The molecule has 24 heavy (non-hydrogen) atoms. The van der Waals surface area contributed by atoms with Crippen LogP contribution < -0.4 is 10.1 Å². The third-order valence-electron chi connectivity index (χ3n) is 5.16. The fourth-order valence-corrected chi connectivity index (χ4v) is 3.80. The average molecular weight is 331 g/mol. The zero-order chi connectivity index (χ0) is 17.1. The van der Waals surface area contributed by atoms with E-state index < -0.39 is 0 Å². The first-order valence-electron chi connectivity index (χ1n) is 8.68. The van der Waals surface area contributed by atoms with Gasteiger partial charge >= 0.3 is 0 Å². The number of rotatable bonds is 5. The molecule has 1 aliphatic heterocycles. The van der Waals surface area contributed by atoms with Crippen LogP contribution in [0.3, 0.4) is 0 Å². The fourth-order valence-electron chi connectivity index (χ4n) is 3.80. The number of likely N-dealkylation sites (tertiary alicyclic amines) is 1. The minimum atomic E-state index is -0.256. The van der Waals surface area contributed by atoms with Gasteiger partial charge in [-0.15, -0.1) is 0 Å². The van der Waals surface area contributed by atoms with E-state index in [1.165, 1.54) is 12.8 Å². The minimum absolute atomic E-state index is 0.0600. The lowest BCUT2D eigenvalue weighted by atomic mass is 10.1. The molecule has 2 heterocycles. The number of carbonyl (C=O) groups is 2. The highest BCUT2D eigenvalue weighted by Gasteiger charge is 2.38. The van der Waals surface area contributed by atoms with E-state index in [0.717, 1.165) is 18.4 Å². The quantitative estimate of drug-likeness (QED) is 0.896. The predicted octanol–water partition coefficient (Wildman–Crippen LogP) is 2.06. The summed E-state index contributed by atoms with van der Waals surface area (Å²) in [5, 5.41) is 3.02. The van der Waals surface area contributed by atoms with Gasteiger partial charge in [0, 0.05) is 30.8 Å². The average Bonchev–Trinajstić information content (AvgIpc) is 3.23. The lowest BCUT2D eigenvalue weighted by molar-refractivity contribution is -0.130. The summed E-state index contributed by atoms with van der Waals surface area (Å²) in [6.07, 6.45) is 8.16. The molecule has 0 unspecified atom stereocenters. The van der Waals surface area contributed by atoms with E-state index in [-0.39, 0.29) is 23.8 Å². The highest BCUT2D eigenvalue weighted by atomic mass is 16.5. The van der Waals surface area contributed by atoms with Crippen LogP contribution >= 0.6 is 0 Å². The normalized spacial score (nSPS) is 22.7. The predicted molar refractivity (Wildman–Crippen MR) is 89.4 cm³/mol. The number of carbonyl (C=O) groups excluding carboxylic acids is 2. The molecule has 2 atom stereocenters. The van der Waals surface area contributed by atoms with Gasteiger partial charge in [-0.3, -0.25) is 14.6 Å². The molecule has 0 bridgehead atoms. The summed E-state index contributed by atoms with van der Waals surface area (Å²) in [4.78, 5) is 30.8. The lowest BCUT2D eigenvalue weighted by Crippen LogP contribution is -2.37. The van der Waals surface area contributed by atoms with Crippen molar-refractivity contribution in [2.45, 2.75) is 51.1 Å². The summed E-state index contributed by atoms with van der Waals surface area (Å²) >= 11 is 0. The van der Waals surface area contributed by atoms with Crippen LogP contribution in [-0.2, 0) is 9.59 Å². The largest absolute Gasteiger partial charge is 0.495 e. The van der Waals surface area contributed by atoms with Crippen molar-refractivity contribution in [3.05, 3.63) is 24.0 Å². The maximum atomic E-state index is 12.6. The van der Waals surface area contributed by atoms with E-state index in [0.29, 0.717) is 24.8 Å². The summed E-state index contributed by atoms with van der Waals surface area (Å²) in [6.45, 7) is 2.47. The summed E-state index contributed by atoms with van der Waals surface area (Å²) in [5.41, 5.74) is 0.887. The number of methoxy groups -OCH3 is 1. The van der Waals surface area contributed by atoms with Gasteiger partial charge in [0.1, 0.15) is 5.75 Å². The molecule has 0 aromatic carbocycles. The van der Waals surface area contributed by atoms with E-state index >= 15 is 0 Å². The fraction of sp³-hybridized carbons (Fsp3) is 0.611. The monoisotopic (exact) mass is 331 g/mol. The Morgan fingerprint density at radius 1 is 1.42 bits per heavy atom. The smallest absolute Gasteiger partial charge is 0.225 e. The van der Waals surface area contributed by atoms with Crippen molar-refractivity contribution in [3.8, 4) is 5.75 Å². The number of pyridine rings is 1. The lowest BCUT2D eigenvalue weighted by Gasteiger charge is -2.24. The van der Waals surface area contributed by atoms with Crippen LogP contribution in [0.2, 0.25) is 0 Å². The number of nitrogens with zero attached hydrogens (tertiary/aromatic N) is 2. The molecule has 0 spiro atoms. The molecular formula is C18H25N3O3. The Balaban J connectivity index is 1.61. The van der Waals surface area contributed by atoms with Crippen molar-refractivity contribution in [2.24, 2.45) is 5.92 Å². The highest BCUT2D eigenvalue weighted by Crippen LogP contribution is 2.30. The highest BCUT2D eigenvalue weighted by molar-refractivity contribution is 5.89. The van der Waals surface area contributed by atoms with Crippen LogP contribution in [0.25, 0.3) is 0 Å². The van der Waals surface area contributed by atoms with Crippen molar-refractivity contribution in [1.29, 1.82) is 0 Å². The number of aromatic nitrogens is 1. The molecule has 6 nitrogen and oxygen atoms in total. The Kier molecular flexibility index (Phi) is 5.02. The van der Waals surface area contributed by atoms with Gasteiger partial charge < -0.3 is 15.0 Å². The van der Waals surface area contributed by atoms with E-state index in [1.54, 1.807) is 19.5 Å². The molecule has 1 aromatic heterocycles. The first-order chi connectivity index (χ1) is 11.6. The van der Waals surface area contributed by atoms with Crippen molar-refractivity contribution in [1.82, 2.24) is 15.2 Å². The number of nitrogens with one attached hydrogen (secondary N) is 1. The van der Waals surface area contributed by atoms with Gasteiger partial charge in [0.05, 0.1) is 25.3 Å². The summed E-state index contributed by atoms with van der Waals surface area (Å²) in [7, 11) is 1.59. The van der Waals surface area contributed by atoms with Gasteiger partial charge in [0.15, 0.2) is 0 Å². The topological polar surface area (TPSA) is 71.5 Å². The van der Waals surface area contributed by atoms with Crippen LogP contribution in [-0.4, -0.2) is 41.4 Å². The molecule has 1 aromatic rings. The van der Waals surface area contributed by atoms with Crippen LogP contribution in [0.5, 0.6) is 5.75 Å². The maximum Gasteiger partial charge on any atom is 0.225 e. The summed E-state index contributed by atoms with van der Waals surface area (Å²) in [6, 6.07) is 1.99. The van der Waals surface area contributed by atoms with E-state index in [9.17, 15) is 9.59 Å². The molecule has 0 radical (unpaired) electrons. The molecule has 130 valence electrons. The molecular weight excluding hydrogens is 306 g/mol. The Morgan fingerprint density at radius 2 is 2.17 bits per heavy atom.